The molecule has 0 aliphatic rings. The normalized spacial score (nSPS) is 11.3. The standard InChI is InChI=1S/C20H20N2O.2ClH.Zr/c1-20(2,3)16-9-6-8-15(19(16)23)13-21-18-12-11-14-7-4-5-10-17(14)22-18;;;/h4-13,23H,1-3H3;2*1H;/q;;;+2/p-2. The third-order valence-corrected chi connectivity index (χ3v) is 3.79. The number of para-hydroxylation sites is 2. The first-order valence-corrected chi connectivity index (χ1v) is 14.4. The molecule has 0 fully saturated rings. The minimum absolute atomic E-state index is 0.116. The number of aliphatic imine (C=N–C) groups is 1. The third kappa shape index (κ3) is 5.64. The Hall–Kier alpha value is -1.22. The van der Waals surface area contributed by atoms with Crippen molar-refractivity contribution in [3.8, 4) is 5.75 Å². The van der Waals surface area contributed by atoms with Gasteiger partial charge in [-0.05, 0) is 35.2 Å². The molecule has 0 atom stereocenters. The number of phenolic OH excluding ortho intramolecular Hbond substituents is 1. The van der Waals surface area contributed by atoms with E-state index in [9.17, 15) is 5.11 Å². The van der Waals surface area contributed by atoms with Crippen LogP contribution in [0.5, 0.6) is 5.75 Å². The van der Waals surface area contributed by atoms with E-state index in [-0.39, 0.29) is 11.2 Å². The van der Waals surface area contributed by atoms with Crippen LogP contribution >= 0.6 is 17.0 Å². The first-order chi connectivity index (χ1) is 12.4. The summed E-state index contributed by atoms with van der Waals surface area (Å²) in [7, 11) is 9.87. The second-order valence-corrected chi connectivity index (χ2v) is 10.4. The summed E-state index contributed by atoms with van der Waals surface area (Å²) in [6.45, 7) is 6.23. The van der Waals surface area contributed by atoms with Gasteiger partial charge in [-0.2, -0.15) is 0 Å². The van der Waals surface area contributed by atoms with Crippen molar-refractivity contribution in [2.45, 2.75) is 26.2 Å². The van der Waals surface area contributed by atoms with Crippen molar-refractivity contribution < 1.29 is 26.0 Å². The van der Waals surface area contributed by atoms with Crippen LogP contribution in [0.15, 0.2) is 59.6 Å². The summed E-state index contributed by atoms with van der Waals surface area (Å²) in [4.78, 5) is 8.93. The van der Waals surface area contributed by atoms with E-state index in [0.717, 1.165) is 16.5 Å². The van der Waals surface area contributed by atoms with Crippen molar-refractivity contribution in [2.75, 3.05) is 0 Å². The van der Waals surface area contributed by atoms with E-state index in [1.54, 1.807) is 6.21 Å². The molecule has 0 saturated heterocycles. The fraction of sp³-hybridized carbons (Fsp3) is 0.200. The molecule has 3 nitrogen and oxygen atoms in total. The zero-order chi connectivity index (χ0) is 19.2. The SMILES string of the molecule is CC(C)(C)c1cccc(C=Nc2ccc3ccccc3n2)c1O.[Cl][Zr][Cl]. The number of aromatic nitrogens is 1. The maximum atomic E-state index is 10.5. The van der Waals surface area contributed by atoms with Gasteiger partial charge in [0.2, 0.25) is 0 Å². The molecule has 1 heterocycles. The molecule has 0 unspecified atom stereocenters. The second-order valence-electron chi connectivity index (χ2n) is 6.69. The molecular formula is C20H20Cl2N2OZr. The van der Waals surface area contributed by atoms with Gasteiger partial charge in [0.05, 0.1) is 5.52 Å². The number of benzene rings is 2. The minimum atomic E-state index is -0.826. The molecule has 0 bridgehead atoms. The molecule has 0 amide bonds. The van der Waals surface area contributed by atoms with Gasteiger partial charge in [-0.3, -0.25) is 0 Å². The number of nitrogens with zero attached hydrogens (tertiary/aromatic N) is 2. The third-order valence-electron chi connectivity index (χ3n) is 3.79. The quantitative estimate of drug-likeness (QED) is 0.447. The Kier molecular flexibility index (Phi) is 7.82. The number of hydrogen-bond acceptors (Lipinski definition) is 3. The summed E-state index contributed by atoms with van der Waals surface area (Å²) in [5.41, 5.74) is 2.41. The van der Waals surface area contributed by atoms with Crippen molar-refractivity contribution >= 4 is 40.0 Å². The topological polar surface area (TPSA) is 45.5 Å². The number of pyridine rings is 1. The maximum absolute atomic E-state index is 10.5. The van der Waals surface area contributed by atoms with E-state index in [0.29, 0.717) is 11.4 Å². The van der Waals surface area contributed by atoms with Gasteiger partial charge in [0.1, 0.15) is 5.75 Å². The van der Waals surface area contributed by atoms with Crippen molar-refractivity contribution in [2.24, 2.45) is 4.99 Å². The Morgan fingerprint density at radius 2 is 1.69 bits per heavy atom. The number of rotatable bonds is 2. The molecule has 3 aromatic rings. The van der Waals surface area contributed by atoms with Crippen LogP contribution in [0.2, 0.25) is 0 Å². The van der Waals surface area contributed by atoms with Gasteiger partial charge >= 0.3 is 37.9 Å². The summed E-state index contributed by atoms with van der Waals surface area (Å²) >= 11 is -0.826. The summed E-state index contributed by atoms with van der Waals surface area (Å²) in [6, 6.07) is 17.6. The molecule has 0 radical (unpaired) electrons. The first-order valence-electron chi connectivity index (χ1n) is 8.05. The fourth-order valence-electron chi connectivity index (χ4n) is 2.53. The van der Waals surface area contributed by atoms with Gasteiger partial charge in [-0.15, -0.1) is 0 Å². The number of halogens is 2. The fourth-order valence-corrected chi connectivity index (χ4v) is 2.53. The van der Waals surface area contributed by atoms with Crippen molar-refractivity contribution in [1.82, 2.24) is 4.98 Å². The van der Waals surface area contributed by atoms with Gasteiger partial charge in [0.25, 0.3) is 0 Å². The van der Waals surface area contributed by atoms with Crippen LogP contribution < -0.4 is 0 Å². The Labute approximate surface area is 172 Å². The molecule has 1 N–H and O–H groups in total. The average molecular weight is 467 g/mol. The number of phenols is 1. The van der Waals surface area contributed by atoms with Crippen LogP contribution in [0.1, 0.15) is 31.9 Å². The van der Waals surface area contributed by atoms with Crippen LogP contribution in [0, 0.1) is 0 Å². The molecular weight excluding hydrogens is 446 g/mol. The zero-order valence-corrected chi connectivity index (χ0v) is 18.8. The van der Waals surface area contributed by atoms with Crippen LogP contribution in [-0.4, -0.2) is 16.3 Å². The molecule has 0 aliphatic carbocycles. The molecule has 6 heteroatoms. The molecule has 0 spiro atoms. The Morgan fingerprint density at radius 1 is 1.00 bits per heavy atom. The van der Waals surface area contributed by atoms with Crippen molar-refractivity contribution in [3.05, 3.63) is 65.7 Å². The van der Waals surface area contributed by atoms with Gasteiger partial charge in [-0.1, -0.05) is 51.1 Å². The molecule has 2 aromatic carbocycles. The van der Waals surface area contributed by atoms with E-state index in [1.165, 1.54) is 0 Å². The Bertz CT molecular complexity index is 908. The molecule has 0 saturated carbocycles. The molecule has 134 valence electrons. The zero-order valence-electron chi connectivity index (χ0n) is 14.9. The molecule has 3 rings (SSSR count). The summed E-state index contributed by atoms with van der Waals surface area (Å²) in [5, 5.41) is 11.5. The number of hydrogen-bond donors (Lipinski definition) is 1. The average Bonchev–Trinajstić information content (AvgIpc) is 2.60. The van der Waals surface area contributed by atoms with E-state index < -0.39 is 20.8 Å². The van der Waals surface area contributed by atoms with E-state index in [4.69, 9.17) is 17.0 Å². The van der Waals surface area contributed by atoms with Gasteiger partial charge in [0, 0.05) is 17.2 Å². The summed E-state index contributed by atoms with van der Waals surface area (Å²) in [6.07, 6.45) is 1.67. The second kappa shape index (κ2) is 9.64. The predicted octanol–water partition coefficient (Wildman–Crippen LogP) is 6.37. The summed E-state index contributed by atoms with van der Waals surface area (Å²) < 4.78 is 0. The Balaban J connectivity index is 0.000000758. The summed E-state index contributed by atoms with van der Waals surface area (Å²) in [5.74, 6) is 0.911. The Morgan fingerprint density at radius 3 is 2.38 bits per heavy atom. The monoisotopic (exact) mass is 464 g/mol. The molecule has 26 heavy (non-hydrogen) atoms. The van der Waals surface area contributed by atoms with Gasteiger partial charge in [-0.25, -0.2) is 9.98 Å². The van der Waals surface area contributed by atoms with Crippen LogP contribution in [0.3, 0.4) is 0 Å². The van der Waals surface area contributed by atoms with E-state index in [2.05, 4.69) is 30.7 Å². The van der Waals surface area contributed by atoms with Gasteiger partial charge in [0.15, 0.2) is 5.82 Å². The molecule has 1 aromatic heterocycles. The van der Waals surface area contributed by atoms with Crippen LogP contribution in [-0.2, 0) is 26.3 Å². The van der Waals surface area contributed by atoms with Crippen LogP contribution in [0.25, 0.3) is 10.9 Å². The van der Waals surface area contributed by atoms with Crippen molar-refractivity contribution in [3.63, 3.8) is 0 Å². The predicted molar refractivity (Wildman–Crippen MR) is 108 cm³/mol. The molecule has 0 aliphatic heterocycles. The van der Waals surface area contributed by atoms with Crippen molar-refractivity contribution in [1.29, 1.82) is 0 Å². The number of aromatic hydroxyl groups is 1. The number of fused-ring (bicyclic) bond motifs is 1. The van der Waals surface area contributed by atoms with Gasteiger partial charge < -0.3 is 5.11 Å². The first kappa shape index (κ1) is 21.1. The van der Waals surface area contributed by atoms with E-state index in [1.807, 2.05) is 54.6 Å². The van der Waals surface area contributed by atoms with Crippen LogP contribution in [0.4, 0.5) is 5.82 Å². The van der Waals surface area contributed by atoms with E-state index >= 15 is 0 Å².